The highest BCUT2D eigenvalue weighted by Crippen LogP contribution is 2.13. The molecule has 0 heterocycles. The van der Waals surface area contributed by atoms with Gasteiger partial charge in [0.05, 0.1) is 39.6 Å². The van der Waals surface area contributed by atoms with Gasteiger partial charge < -0.3 is 29.2 Å². The number of carboxylic acids is 2. The molecule has 0 aromatic heterocycles. The topological polar surface area (TPSA) is 112 Å². The summed E-state index contributed by atoms with van der Waals surface area (Å²) in [7, 11) is 0. The van der Waals surface area contributed by atoms with Crippen LogP contribution in [0.25, 0.3) is 0 Å². The van der Waals surface area contributed by atoms with E-state index in [-0.39, 0.29) is 6.42 Å². The molecule has 0 radical (unpaired) electrons. The Morgan fingerprint density at radius 1 is 0.343 bits per heavy atom. The first-order valence-electron chi connectivity index (χ1n) is 13.9. The SMILES string of the molecule is O=C(O)CCCCCCCCCCCCCCCCOCCOCCOCCOCCCC(=O)O. The van der Waals surface area contributed by atoms with Gasteiger partial charge in [-0.2, -0.15) is 0 Å². The molecule has 0 saturated carbocycles. The van der Waals surface area contributed by atoms with E-state index in [1.54, 1.807) is 0 Å². The van der Waals surface area contributed by atoms with E-state index in [2.05, 4.69) is 0 Å². The fraction of sp³-hybridized carbons (Fsp3) is 0.926. The van der Waals surface area contributed by atoms with E-state index in [1.807, 2.05) is 0 Å². The van der Waals surface area contributed by atoms with Gasteiger partial charge in [0.25, 0.3) is 0 Å². The molecule has 0 amide bonds. The lowest BCUT2D eigenvalue weighted by molar-refractivity contribution is -0.138. The van der Waals surface area contributed by atoms with Crippen LogP contribution in [-0.2, 0) is 28.5 Å². The average Bonchev–Trinajstić information content (AvgIpc) is 2.82. The van der Waals surface area contributed by atoms with Crippen LogP contribution in [0.2, 0.25) is 0 Å². The minimum absolute atomic E-state index is 0.139. The Kier molecular flexibility index (Phi) is 28.0. The van der Waals surface area contributed by atoms with Crippen molar-refractivity contribution in [2.45, 2.75) is 109 Å². The number of hydrogen-bond acceptors (Lipinski definition) is 6. The molecule has 0 aliphatic rings. The molecular formula is C27H52O8. The maximum absolute atomic E-state index is 10.4. The lowest BCUT2D eigenvalue weighted by Crippen LogP contribution is -2.12. The van der Waals surface area contributed by atoms with Crippen LogP contribution < -0.4 is 0 Å². The zero-order valence-electron chi connectivity index (χ0n) is 22.0. The predicted molar refractivity (Wildman–Crippen MR) is 137 cm³/mol. The van der Waals surface area contributed by atoms with Crippen LogP contribution in [0, 0.1) is 0 Å². The molecule has 35 heavy (non-hydrogen) atoms. The van der Waals surface area contributed by atoms with Crippen LogP contribution in [0.3, 0.4) is 0 Å². The van der Waals surface area contributed by atoms with Crippen molar-refractivity contribution in [3.05, 3.63) is 0 Å². The van der Waals surface area contributed by atoms with Gasteiger partial charge in [-0.25, -0.2) is 0 Å². The lowest BCUT2D eigenvalue weighted by atomic mass is 10.0. The van der Waals surface area contributed by atoms with E-state index in [9.17, 15) is 9.59 Å². The van der Waals surface area contributed by atoms with Gasteiger partial charge in [0.2, 0.25) is 0 Å². The molecule has 0 rings (SSSR count). The highest BCUT2D eigenvalue weighted by Gasteiger charge is 1.98. The number of hydrogen-bond donors (Lipinski definition) is 2. The second kappa shape index (κ2) is 29.0. The maximum atomic E-state index is 10.4. The molecule has 0 atom stereocenters. The molecular weight excluding hydrogens is 452 g/mol. The molecule has 8 heteroatoms. The Balaban J connectivity index is 3.03. The highest BCUT2D eigenvalue weighted by molar-refractivity contribution is 5.66. The lowest BCUT2D eigenvalue weighted by Gasteiger charge is -2.07. The first-order valence-corrected chi connectivity index (χ1v) is 13.9. The Morgan fingerprint density at radius 3 is 0.971 bits per heavy atom. The monoisotopic (exact) mass is 504 g/mol. The quantitative estimate of drug-likeness (QED) is 0.117. The smallest absolute Gasteiger partial charge is 0.303 e. The van der Waals surface area contributed by atoms with Crippen molar-refractivity contribution in [2.75, 3.05) is 52.9 Å². The van der Waals surface area contributed by atoms with E-state index >= 15 is 0 Å². The van der Waals surface area contributed by atoms with Crippen molar-refractivity contribution in [2.24, 2.45) is 0 Å². The molecule has 0 aliphatic carbocycles. The summed E-state index contributed by atoms with van der Waals surface area (Å²) in [5.41, 5.74) is 0. The van der Waals surface area contributed by atoms with Crippen molar-refractivity contribution in [1.82, 2.24) is 0 Å². The molecule has 0 aromatic carbocycles. The minimum Gasteiger partial charge on any atom is -0.481 e. The summed E-state index contributed by atoms with van der Waals surface area (Å²) in [6, 6.07) is 0. The number of ether oxygens (including phenoxy) is 4. The minimum atomic E-state index is -0.795. The fourth-order valence-electron chi connectivity index (χ4n) is 3.69. The Bertz CT molecular complexity index is 418. The first-order chi connectivity index (χ1) is 17.1. The number of aliphatic carboxylic acids is 2. The first kappa shape index (κ1) is 33.8. The third-order valence-electron chi connectivity index (χ3n) is 5.72. The van der Waals surface area contributed by atoms with Crippen molar-refractivity contribution >= 4 is 11.9 Å². The van der Waals surface area contributed by atoms with Crippen LogP contribution in [0.1, 0.15) is 109 Å². The van der Waals surface area contributed by atoms with Crippen LogP contribution in [0.5, 0.6) is 0 Å². The fourth-order valence-corrected chi connectivity index (χ4v) is 3.69. The summed E-state index contributed by atoms with van der Waals surface area (Å²) in [5, 5.41) is 17.1. The highest BCUT2D eigenvalue weighted by atomic mass is 16.6. The Morgan fingerprint density at radius 2 is 0.600 bits per heavy atom. The van der Waals surface area contributed by atoms with E-state index in [0.29, 0.717) is 59.1 Å². The Hall–Kier alpha value is -1.22. The summed E-state index contributed by atoms with van der Waals surface area (Å²) >= 11 is 0. The Labute approximate surface area is 213 Å². The zero-order chi connectivity index (χ0) is 25.7. The van der Waals surface area contributed by atoms with Crippen LogP contribution in [0.4, 0.5) is 0 Å². The zero-order valence-corrected chi connectivity index (χ0v) is 22.0. The van der Waals surface area contributed by atoms with Crippen LogP contribution in [-0.4, -0.2) is 75.0 Å². The summed E-state index contributed by atoms with van der Waals surface area (Å²) in [5.74, 6) is -1.47. The van der Waals surface area contributed by atoms with Crippen LogP contribution in [0.15, 0.2) is 0 Å². The predicted octanol–water partition coefficient (Wildman–Crippen LogP) is 5.85. The maximum Gasteiger partial charge on any atom is 0.303 e. The van der Waals surface area contributed by atoms with Gasteiger partial charge in [0.1, 0.15) is 0 Å². The summed E-state index contributed by atoms with van der Waals surface area (Å²) < 4.78 is 21.7. The van der Waals surface area contributed by atoms with Gasteiger partial charge in [0, 0.05) is 26.1 Å². The molecule has 0 aromatic rings. The summed E-state index contributed by atoms with van der Waals surface area (Å²) in [6.45, 7) is 4.48. The second-order valence-electron chi connectivity index (χ2n) is 9.04. The third-order valence-corrected chi connectivity index (χ3v) is 5.72. The molecule has 2 N–H and O–H groups in total. The number of rotatable bonds is 30. The van der Waals surface area contributed by atoms with Crippen LogP contribution >= 0.6 is 0 Å². The van der Waals surface area contributed by atoms with Gasteiger partial charge in [-0.15, -0.1) is 0 Å². The van der Waals surface area contributed by atoms with Crippen molar-refractivity contribution in [3.8, 4) is 0 Å². The van der Waals surface area contributed by atoms with Gasteiger partial charge >= 0.3 is 11.9 Å². The van der Waals surface area contributed by atoms with Gasteiger partial charge in [-0.1, -0.05) is 77.0 Å². The van der Waals surface area contributed by atoms with E-state index < -0.39 is 11.9 Å². The summed E-state index contributed by atoms with van der Waals surface area (Å²) in [4.78, 5) is 20.8. The number of carbonyl (C=O) groups is 2. The van der Waals surface area contributed by atoms with Crippen molar-refractivity contribution in [3.63, 3.8) is 0 Å². The van der Waals surface area contributed by atoms with Crippen molar-refractivity contribution in [1.29, 1.82) is 0 Å². The molecule has 0 bridgehead atoms. The molecule has 0 spiro atoms. The van der Waals surface area contributed by atoms with Gasteiger partial charge in [-0.05, 0) is 19.3 Å². The van der Waals surface area contributed by atoms with Gasteiger partial charge in [-0.3, -0.25) is 9.59 Å². The molecule has 0 saturated heterocycles. The van der Waals surface area contributed by atoms with E-state index in [4.69, 9.17) is 29.2 Å². The van der Waals surface area contributed by atoms with Gasteiger partial charge in [0.15, 0.2) is 0 Å². The second-order valence-corrected chi connectivity index (χ2v) is 9.04. The largest absolute Gasteiger partial charge is 0.481 e. The molecule has 0 fully saturated rings. The standard InChI is InChI=1S/C27H52O8/c28-26(29)16-13-11-9-7-5-3-1-2-4-6-8-10-12-14-18-32-20-22-34-24-25-35-23-21-33-19-15-17-27(30)31/h1-25H2,(H,28,29)(H,30,31). The number of unbranched alkanes of at least 4 members (excludes halogenated alkanes) is 13. The summed E-state index contributed by atoms with van der Waals surface area (Å²) in [6.07, 6.45) is 18.2. The van der Waals surface area contributed by atoms with Crippen molar-refractivity contribution < 1.29 is 38.7 Å². The molecule has 208 valence electrons. The third kappa shape index (κ3) is 32.8. The number of carboxylic acid groups (broad SMARTS) is 2. The molecule has 0 aliphatic heterocycles. The average molecular weight is 505 g/mol. The van der Waals surface area contributed by atoms with E-state index in [1.165, 1.54) is 70.6 Å². The van der Waals surface area contributed by atoms with E-state index in [0.717, 1.165) is 25.9 Å². The molecule has 8 nitrogen and oxygen atoms in total. The normalized spacial score (nSPS) is 11.2. The molecule has 0 unspecified atom stereocenters.